The molecule has 1 aromatic heterocycles. The summed E-state index contributed by atoms with van der Waals surface area (Å²) in [5.41, 5.74) is 0.116. The maximum absolute atomic E-state index is 14.2. The third kappa shape index (κ3) is 2.72. The highest BCUT2D eigenvalue weighted by Gasteiger charge is 2.60. The summed E-state index contributed by atoms with van der Waals surface area (Å²) in [5, 5.41) is 27.9. The van der Waals surface area contributed by atoms with Gasteiger partial charge in [-0.1, -0.05) is 32.4 Å². The zero-order valence-corrected chi connectivity index (χ0v) is 18.2. The minimum absolute atomic E-state index is 0.0489. The normalized spacial score (nSPS) is 35.6. The van der Waals surface area contributed by atoms with Crippen LogP contribution in [0.3, 0.4) is 0 Å². The van der Waals surface area contributed by atoms with Crippen LogP contribution in [0.4, 0.5) is 4.39 Å². The van der Waals surface area contributed by atoms with E-state index in [0.29, 0.717) is 23.9 Å². The van der Waals surface area contributed by atoms with Crippen LogP contribution in [0.5, 0.6) is 0 Å². The Morgan fingerprint density at radius 1 is 1.24 bits per heavy atom. The molecule has 0 amide bonds. The minimum atomic E-state index is -0.804. The summed E-state index contributed by atoms with van der Waals surface area (Å²) >= 11 is 6.34. The van der Waals surface area contributed by atoms with Crippen molar-refractivity contribution in [2.75, 3.05) is 0 Å². The number of nitrogens with zero attached hydrogens (tertiary/aromatic N) is 3. The number of piperidine rings is 2. The number of aliphatic hydroxyl groups is 2. The fraction of sp³-hybridized carbons (Fsp3) is 0.682. The molecule has 2 aliphatic heterocycles. The van der Waals surface area contributed by atoms with Crippen molar-refractivity contribution in [1.29, 1.82) is 0 Å². The summed E-state index contributed by atoms with van der Waals surface area (Å²) < 4.78 is 15.9. The number of benzene rings is 1. The highest BCUT2D eigenvalue weighted by Crippen LogP contribution is 2.58. The summed E-state index contributed by atoms with van der Waals surface area (Å²) in [6, 6.07) is 3.31. The third-order valence-corrected chi connectivity index (χ3v) is 8.10. The summed E-state index contributed by atoms with van der Waals surface area (Å²) in [6.07, 6.45) is 3.42. The number of aliphatic hydroxyl groups excluding tert-OH is 1. The van der Waals surface area contributed by atoms with Gasteiger partial charge >= 0.3 is 0 Å². The van der Waals surface area contributed by atoms with Crippen LogP contribution in [0.1, 0.15) is 58.6 Å². The molecule has 29 heavy (non-hydrogen) atoms. The van der Waals surface area contributed by atoms with Gasteiger partial charge in [-0.2, -0.15) is 5.10 Å². The molecule has 3 atom stereocenters. The second-order valence-corrected chi connectivity index (χ2v) is 11.0. The number of fused-ring (bicyclic) bond motifs is 1. The Labute approximate surface area is 175 Å². The van der Waals surface area contributed by atoms with E-state index in [4.69, 9.17) is 11.6 Å². The van der Waals surface area contributed by atoms with Gasteiger partial charge in [0, 0.05) is 29.9 Å². The number of aryl methyl sites for hydroxylation is 1. The Kier molecular flexibility index (Phi) is 4.04. The first-order valence-corrected chi connectivity index (χ1v) is 10.8. The predicted molar refractivity (Wildman–Crippen MR) is 110 cm³/mol. The Morgan fingerprint density at radius 2 is 1.86 bits per heavy atom. The van der Waals surface area contributed by atoms with Crippen LogP contribution in [0.2, 0.25) is 5.02 Å². The molecule has 2 N–H and O–H groups in total. The second kappa shape index (κ2) is 5.94. The van der Waals surface area contributed by atoms with Crippen LogP contribution in [0.25, 0.3) is 10.9 Å². The molecule has 2 aromatic rings. The van der Waals surface area contributed by atoms with Crippen molar-refractivity contribution in [3.63, 3.8) is 0 Å². The molecule has 3 heterocycles. The van der Waals surface area contributed by atoms with Gasteiger partial charge in [-0.3, -0.25) is 9.58 Å². The molecular weight excluding hydrogens is 393 g/mol. The Bertz CT molecular complexity index is 968. The molecule has 4 bridgehead atoms. The van der Waals surface area contributed by atoms with Crippen LogP contribution in [-0.2, 0) is 12.5 Å². The molecule has 6 rings (SSSR count). The third-order valence-electron chi connectivity index (χ3n) is 7.73. The van der Waals surface area contributed by atoms with Crippen molar-refractivity contribution in [1.82, 2.24) is 14.7 Å². The van der Waals surface area contributed by atoms with E-state index in [-0.39, 0.29) is 22.5 Å². The highest BCUT2D eigenvalue weighted by molar-refractivity contribution is 6.35. The fourth-order valence-electron chi connectivity index (χ4n) is 6.76. The lowest BCUT2D eigenvalue weighted by molar-refractivity contribution is -0.230. The van der Waals surface area contributed by atoms with E-state index in [0.717, 1.165) is 24.8 Å². The summed E-state index contributed by atoms with van der Waals surface area (Å²) in [7, 11) is 1.81. The van der Waals surface area contributed by atoms with Crippen molar-refractivity contribution >= 4 is 22.5 Å². The molecule has 1 aromatic carbocycles. The van der Waals surface area contributed by atoms with Gasteiger partial charge in [-0.15, -0.1) is 0 Å². The summed E-state index contributed by atoms with van der Waals surface area (Å²) in [4.78, 5) is 2.20. The number of halogens is 2. The van der Waals surface area contributed by atoms with E-state index in [1.165, 1.54) is 6.07 Å². The Morgan fingerprint density at radius 3 is 2.45 bits per heavy atom. The summed E-state index contributed by atoms with van der Waals surface area (Å²) in [5.74, 6) is -0.483. The Balaban J connectivity index is 1.56. The van der Waals surface area contributed by atoms with Crippen molar-refractivity contribution in [3.05, 3.63) is 28.7 Å². The SMILES string of the molecule is Cn1nc(C(C)(C)C(O)N2C3CC4(C)CC2CC(O)(C3)C4)c2c(Cl)c(F)ccc21. The number of rotatable bonds is 3. The number of hydrogen-bond acceptors (Lipinski definition) is 4. The largest absolute Gasteiger partial charge is 0.390 e. The van der Waals surface area contributed by atoms with Gasteiger partial charge in [-0.05, 0) is 49.7 Å². The zero-order chi connectivity index (χ0) is 20.9. The standard InChI is InChI=1S/C22H29ClFN3O2/c1-20(2,18-16-15(26(4)25-18)6-5-14(24)17(16)23)19(28)27-12-7-21(3)8-13(27)10-22(29,9-12)11-21/h5-6,12-13,19,28-29H,7-11H2,1-4H3. The van der Waals surface area contributed by atoms with Gasteiger partial charge < -0.3 is 10.2 Å². The van der Waals surface area contributed by atoms with Crippen molar-refractivity contribution in [2.24, 2.45) is 12.5 Å². The van der Waals surface area contributed by atoms with Crippen molar-refractivity contribution in [3.8, 4) is 0 Å². The summed E-state index contributed by atoms with van der Waals surface area (Å²) in [6.45, 7) is 6.16. The van der Waals surface area contributed by atoms with Crippen molar-refractivity contribution < 1.29 is 14.6 Å². The van der Waals surface area contributed by atoms with E-state index in [9.17, 15) is 14.6 Å². The van der Waals surface area contributed by atoms with Crippen LogP contribution < -0.4 is 0 Å². The van der Waals surface area contributed by atoms with E-state index >= 15 is 0 Å². The molecule has 0 spiro atoms. The van der Waals surface area contributed by atoms with Crippen LogP contribution in [0.15, 0.2) is 12.1 Å². The van der Waals surface area contributed by atoms with Gasteiger partial charge in [0.1, 0.15) is 12.0 Å². The van der Waals surface area contributed by atoms with E-state index < -0.39 is 23.1 Å². The molecule has 3 unspecified atom stereocenters. The lowest BCUT2D eigenvalue weighted by Crippen LogP contribution is -2.71. The molecular formula is C22H29ClFN3O2. The molecule has 2 aliphatic carbocycles. The van der Waals surface area contributed by atoms with E-state index in [2.05, 4.69) is 16.9 Å². The molecule has 4 aliphatic rings. The smallest absolute Gasteiger partial charge is 0.142 e. The van der Waals surface area contributed by atoms with Crippen LogP contribution >= 0.6 is 11.6 Å². The quantitative estimate of drug-likeness (QED) is 0.792. The first-order chi connectivity index (χ1) is 13.4. The molecule has 4 fully saturated rings. The zero-order valence-electron chi connectivity index (χ0n) is 17.4. The predicted octanol–water partition coefficient (Wildman–Crippen LogP) is 3.73. The first-order valence-electron chi connectivity index (χ1n) is 10.4. The highest BCUT2D eigenvalue weighted by atomic mass is 35.5. The number of aromatic nitrogens is 2. The second-order valence-electron chi connectivity index (χ2n) is 10.6. The molecule has 5 nitrogen and oxygen atoms in total. The van der Waals surface area contributed by atoms with Crippen LogP contribution in [0, 0.1) is 11.2 Å². The van der Waals surface area contributed by atoms with Gasteiger partial charge in [-0.25, -0.2) is 4.39 Å². The molecule has 2 saturated carbocycles. The van der Waals surface area contributed by atoms with Crippen LogP contribution in [-0.4, -0.2) is 48.8 Å². The maximum atomic E-state index is 14.2. The van der Waals surface area contributed by atoms with Gasteiger partial charge in [0.2, 0.25) is 0 Å². The van der Waals surface area contributed by atoms with Crippen molar-refractivity contribution in [2.45, 2.75) is 82.2 Å². The van der Waals surface area contributed by atoms with Gasteiger partial charge in [0.25, 0.3) is 0 Å². The topological polar surface area (TPSA) is 61.5 Å². The molecule has 158 valence electrons. The van der Waals surface area contributed by atoms with Gasteiger partial charge in [0.15, 0.2) is 0 Å². The van der Waals surface area contributed by atoms with Gasteiger partial charge in [0.05, 0.1) is 21.8 Å². The number of hydrogen-bond donors (Lipinski definition) is 2. The average molecular weight is 422 g/mol. The fourth-order valence-corrected chi connectivity index (χ4v) is 7.01. The minimum Gasteiger partial charge on any atom is -0.390 e. The first kappa shape index (κ1) is 19.7. The molecule has 7 heteroatoms. The molecule has 2 saturated heterocycles. The lowest BCUT2D eigenvalue weighted by atomic mass is 9.54. The van der Waals surface area contributed by atoms with E-state index in [1.807, 2.05) is 20.9 Å². The lowest BCUT2D eigenvalue weighted by Gasteiger charge is -2.65. The monoisotopic (exact) mass is 421 g/mol. The average Bonchev–Trinajstić information content (AvgIpc) is 2.93. The maximum Gasteiger partial charge on any atom is 0.142 e. The molecule has 0 radical (unpaired) electrons. The van der Waals surface area contributed by atoms with E-state index in [1.54, 1.807) is 10.7 Å². The Hall–Kier alpha value is -1.21.